The topological polar surface area (TPSA) is 75.7 Å². The third-order valence-electron chi connectivity index (χ3n) is 3.57. The highest BCUT2D eigenvalue weighted by Gasteiger charge is 2.24. The Morgan fingerprint density at radius 3 is 2.52 bits per heavy atom. The van der Waals surface area contributed by atoms with Crippen molar-refractivity contribution in [1.82, 2.24) is 10.2 Å². The molecule has 1 aliphatic rings. The van der Waals surface area contributed by atoms with Gasteiger partial charge in [0.1, 0.15) is 12.4 Å². The lowest BCUT2D eigenvalue weighted by molar-refractivity contribution is 0.202. The number of rotatable bonds is 5. The molecular formula is C16H20N2O4S. The molecular weight excluding hydrogens is 316 g/mol. The number of sulfone groups is 1. The maximum absolute atomic E-state index is 12.0. The summed E-state index contributed by atoms with van der Waals surface area (Å²) in [6, 6.07) is 7.30. The highest BCUT2D eigenvalue weighted by Crippen LogP contribution is 2.12. The Kier molecular flexibility index (Phi) is 5.88. The fraction of sp³-hybridized carbons (Fsp3) is 0.438. The van der Waals surface area contributed by atoms with Crippen LogP contribution in [0, 0.1) is 12.3 Å². The van der Waals surface area contributed by atoms with Crippen LogP contribution < -0.4 is 10.1 Å². The molecule has 6 nitrogen and oxygen atoms in total. The summed E-state index contributed by atoms with van der Waals surface area (Å²) < 4.78 is 28.0. The van der Waals surface area contributed by atoms with Crippen molar-refractivity contribution in [2.75, 3.05) is 37.7 Å². The molecule has 0 unspecified atom stereocenters. The quantitative estimate of drug-likeness (QED) is 0.803. The van der Waals surface area contributed by atoms with E-state index >= 15 is 0 Å². The lowest BCUT2D eigenvalue weighted by Crippen LogP contribution is -2.48. The van der Waals surface area contributed by atoms with Gasteiger partial charge in [-0.05, 0) is 24.1 Å². The SMILES string of the molecule is C#CCOc1ccc(CCNC(=O)N2CCS(=O)(=O)CC2)cc1. The summed E-state index contributed by atoms with van der Waals surface area (Å²) in [4.78, 5) is 13.5. The molecule has 1 fully saturated rings. The molecule has 7 heteroatoms. The summed E-state index contributed by atoms with van der Waals surface area (Å²) in [6.07, 6.45) is 5.81. The predicted molar refractivity (Wildman–Crippen MR) is 88.1 cm³/mol. The van der Waals surface area contributed by atoms with Crippen molar-refractivity contribution < 1.29 is 17.9 Å². The Balaban J connectivity index is 1.72. The van der Waals surface area contributed by atoms with E-state index in [2.05, 4.69) is 11.2 Å². The van der Waals surface area contributed by atoms with Gasteiger partial charge in [0.2, 0.25) is 0 Å². The zero-order valence-electron chi connectivity index (χ0n) is 12.8. The fourth-order valence-electron chi connectivity index (χ4n) is 2.22. The normalized spacial score (nSPS) is 16.4. The first-order valence-corrected chi connectivity index (χ1v) is 9.21. The number of ether oxygens (including phenoxy) is 1. The van der Waals surface area contributed by atoms with Crippen LogP contribution in [0.5, 0.6) is 5.75 Å². The maximum atomic E-state index is 12.0. The number of nitrogens with one attached hydrogen (secondary N) is 1. The van der Waals surface area contributed by atoms with Crippen LogP contribution >= 0.6 is 0 Å². The molecule has 1 aliphatic heterocycles. The lowest BCUT2D eigenvalue weighted by atomic mass is 10.1. The van der Waals surface area contributed by atoms with Gasteiger partial charge in [-0.1, -0.05) is 18.1 Å². The first kappa shape index (κ1) is 17.2. The second-order valence-corrected chi connectivity index (χ2v) is 7.56. The highest BCUT2D eigenvalue weighted by molar-refractivity contribution is 7.91. The third kappa shape index (κ3) is 5.49. The van der Waals surface area contributed by atoms with Gasteiger partial charge in [0, 0.05) is 19.6 Å². The molecule has 2 rings (SSSR count). The van der Waals surface area contributed by atoms with E-state index in [1.807, 2.05) is 24.3 Å². The van der Waals surface area contributed by atoms with E-state index in [9.17, 15) is 13.2 Å². The van der Waals surface area contributed by atoms with Crippen LogP contribution in [0.4, 0.5) is 4.79 Å². The number of nitrogens with zero attached hydrogens (tertiary/aromatic N) is 1. The van der Waals surface area contributed by atoms with Crippen molar-refractivity contribution >= 4 is 15.9 Å². The average molecular weight is 336 g/mol. The van der Waals surface area contributed by atoms with Gasteiger partial charge >= 0.3 is 6.03 Å². The summed E-state index contributed by atoms with van der Waals surface area (Å²) >= 11 is 0. The zero-order valence-corrected chi connectivity index (χ0v) is 13.6. The second-order valence-electron chi connectivity index (χ2n) is 5.26. The number of carbonyl (C=O) groups excluding carboxylic acids is 1. The van der Waals surface area contributed by atoms with E-state index in [0.717, 1.165) is 5.56 Å². The van der Waals surface area contributed by atoms with Crippen LogP contribution in [0.2, 0.25) is 0 Å². The number of amides is 2. The van der Waals surface area contributed by atoms with Crippen LogP contribution in [0.15, 0.2) is 24.3 Å². The summed E-state index contributed by atoms with van der Waals surface area (Å²) in [5.41, 5.74) is 1.07. The van der Waals surface area contributed by atoms with Crippen molar-refractivity contribution in [2.45, 2.75) is 6.42 Å². The summed E-state index contributed by atoms with van der Waals surface area (Å²) in [5.74, 6) is 3.20. The number of hydrogen-bond donors (Lipinski definition) is 1. The second kappa shape index (κ2) is 7.88. The molecule has 1 saturated heterocycles. The molecule has 0 radical (unpaired) electrons. The molecule has 23 heavy (non-hydrogen) atoms. The molecule has 0 atom stereocenters. The minimum Gasteiger partial charge on any atom is -0.481 e. The van der Waals surface area contributed by atoms with Crippen LogP contribution in [-0.4, -0.2) is 57.1 Å². The van der Waals surface area contributed by atoms with Gasteiger partial charge in [0.15, 0.2) is 9.84 Å². The first-order chi connectivity index (χ1) is 11.0. The number of urea groups is 1. The summed E-state index contributed by atoms with van der Waals surface area (Å²) in [5, 5.41) is 2.81. The average Bonchev–Trinajstić information content (AvgIpc) is 2.54. The molecule has 1 heterocycles. The van der Waals surface area contributed by atoms with Crippen molar-refractivity contribution in [3.8, 4) is 18.1 Å². The summed E-state index contributed by atoms with van der Waals surface area (Å²) in [7, 11) is -2.97. The Bertz CT molecular complexity index is 663. The maximum Gasteiger partial charge on any atom is 0.317 e. The largest absolute Gasteiger partial charge is 0.481 e. The van der Waals surface area contributed by atoms with Gasteiger partial charge in [0.25, 0.3) is 0 Å². The van der Waals surface area contributed by atoms with Gasteiger partial charge in [0.05, 0.1) is 11.5 Å². The van der Waals surface area contributed by atoms with E-state index in [4.69, 9.17) is 11.2 Å². The standard InChI is InChI=1S/C16H20N2O4S/c1-2-11-22-15-5-3-14(4-6-15)7-8-17-16(19)18-9-12-23(20,21)13-10-18/h1,3-6H,7-13H2,(H,17,19). The van der Waals surface area contributed by atoms with E-state index in [-0.39, 0.29) is 37.2 Å². The Morgan fingerprint density at radius 2 is 1.91 bits per heavy atom. The van der Waals surface area contributed by atoms with Gasteiger partial charge in [-0.25, -0.2) is 13.2 Å². The van der Waals surface area contributed by atoms with Crippen molar-refractivity contribution in [3.05, 3.63) is 29.8 Å². The van der Waals surface area contributed by atoms with Crippen molar-refractivity contribution in [2.24, 2.45) is 0 Å². The van der Waals surface area contributed by atoms with Crippen LogP contribution in [0.3, 0.4) is 0 Å². The highest BCUT2D eigenvalue weighted by atomic mass is 32.2. The predicted octanol–water partition coefficient (Wildman–Crippen LogP) is 0.681. The van der Waals surface area contributed by atoms with E-state index in [1.54, 1.807) is 0 Å². The van der Waals surface area contributed by atoms with Gasteiger partial charge in [-0.15, -0.1) is 6.42 Å². The Morgan fingerprint density at radius 1 is 1.26 bits per heavy atom. The van der Waals surface area contributed by atoms with Crippen molar-refractivity contribution in [3.63, 3.8) is 0 Å². The van der Waals surface area contributed by atoms with Gasteiger partial charge in [-0.2, -0.15) is 0 Å². The monoisotopic (exact) mass is 336 g/mol. The first-order valence-electron chi connectivity index (χ1n) is 7.38. The van der Waals surface area contributed by atoms with E-state index < -0.39 is 9.84 Å². The molecule has 2 amide bonds. The molecule has 0 aliphatic carbocycles. The Hall–Kier alpha value is -2.20. The fourth-order valence-corrected chi connectivity index (χ4v) is 3.42. The van der Waals surface area contributed by atoms with Crippen LogP contribution in [0.25, 0.3) is 0 Å². The molecule has 0 bridgehead atoms. The molecule has 0 saturated carbocycles. The van der Waals surface area contributed by atoms with E-state index in [1.165, 1.54) is 4.90 Å². The molecule has 124 valence electrons. The van der Waals surface area contributed by atoms with Crippen LogP contribution in [0.1, 0.15) is 5.56 Å². The number of carbonyl (C=O) groups is 1. The minimum absolute atomic E-state index is 0.0412. The molecule has 0 aromatic heterocycles. The molecule has 0 spiro atoms. The molecule has 1 aromatic carbocycles. The smallest absolute Gasteiger partial charge is 0.317 e. The number of benzene rings is 1. The van der Waals surface area contributed by atoms with E-state index in [0.29, 0.717) is 18.7 Å². The minimum atomic E-state index is -2.97. The van der Waals surface area contributed by atoms with Crippen LogP contribution in [-0.2, 0) is 16.3 Å². The third-order valence-corrected chi connectivity index (χ3v) is 5.18. The number of terminal acetylenes is 1. The summed E-state index contributed by atoms with van der Waals surface area (Å²) in [6.45, 7) is 1.25. The van der Waals surface area contributed by atoms with Crippen molar-refractivity contribution in [1.29, 1.82) is 0 Å². The zero-order chi connectivity index (χ0) is 16.7. The molecule has 1 aromatic rings. The Labute approximate surface area is 136 Å². The number of hydrogen-bond acceptors (Lipinski definition) is 4. The lowest BCUT2D eigenvalue weighted by Gasteiger charge is -2.26. The van der Waals surface area contributed by atoms with Gasteiger partial charge in [-0.3, -0.25) is 0 Å². The molecule has 1 N–H and O–H groups in total. The van der Waals surface area contributed by atoms with Gasteiger partial charge < -0.3 is 15.0 Å².